The van der Waals surface area contributed by atoms with Gasteiger partial charge >= 0.3 is 12.5 Å². The SMILES string of the molecule is COc1cc(N2CCOC2=O)ccc1-n1ccc(=O)c(/C(=C/C(C)=N)Nc2cccc(OC(F)(F)F)c2)n1. The van der Waals surface area contributed by atoms with Crippen molar-refractivity contribution in [2.24, 2.45) is 0 Å². The van der Waals surface area contributed by atoms with Crippen LogP contribution in [-0.4, -0.2) is 48.2 Å². The lowest BCUT2D eigenvalue weighted by Gasteiger charge is -2.17. The lowest BCUT2D eigenvalue weighted by molar-refractivity contribution is -0.274. The second-order valence-corrected chi connectivity index (χ2v) is 8.04. The first-order chi connectivity index (χ1) is 18.0. The van der Waals surface area contributed by atoms with Crippen LogP contribution < -0.4 is 25.1 Å². The van der Waals surface area contributed by atoms with E-state index >= 15 is 0 Å². The third kappa shape index (κ3) is 6.11. The molecule has 10 nitrogen and oxygen atoms in total. The van der Waals surface area contributed by atoms with Crippen molar-refractivity contribution >= 4 is 28.9 Å². The molecule has 0 spiro atoms. The van der Waals surface area contributed by atoms with Crippen molar-refractivity contribution in [2.45, 2.75) is 13.3 Å². The van der Waals surface area contributed by atoms with E-state index in [0.29, 0.717) is 23.7 Å². The normalized spacial score (nSPS) is 13.8. The number of nitrogens with zero attached hydrogens (tertiary/aromatic N) is 3. The topological polar surface area (TPSA) is 119 Å². The number of alkyl halides is 3. The van der Waals surface area contributed by atoms with E-state index in [0.717, 1.165) is 12.1 Å². The second-order valence-electron chi connectivity index (χ2n) is 8.04. The molecular formula is C25H22F3N5O5. The van der Waals surface area contributed by atoms with Crippen molar-refractivity contribution in [1.29, 1.82) is 5.41 Å². The van der Waals surface area contributed by atoms with Crippen molar-refractivity contribution in [3.8, 4) is 17.2 Å². The van der Waals surface area contributed by atoms with E-state index in [2.05, 4.69) is 15.2 Å². The van der Waals surface area contributed by atoms with Crippen LogP contribution in [0, 0.1) is 5.41 Å². The Balaban J connectivity index is 1.71. The van der Waals surface area contributed by atoms with Crippen LogP contribution >= 0.6 is 0 Å². The highest BCUT2D eigenvalue weighted by Crippen LogP contribution is 2.30. The van der Waals surface area contributed by atoms with E-state index < -0.39 is 23.6 Å². The van der Waals surface area contributed by atoms with Gasteiger partial charge in [-0.3, -0.25) is 9.69 Å². The number of carbonyl (C=O) groups is 1. The number of hydrogen-bond donors (Lipinski definition) is 2. The number of carbonyl (C=O) groups excluding carboxylic acids is 1. The fourth-order valence-corrected chi connectivity index (χ4v) is 3.69. The fraction of sp³-hybridized carbons (Fsp3) is 0.200. The molecule has 2 heterocycles. The van der Waals surface area contributed by atoms with E-state index in [9.17, 15) is 22.8 Å². The number of amides is 1. The predicted octanol–water partition coefficient (Wildman–Crippen LogP) is 4.59. The number of methoxy groups -OCH3 is 1. The highest BCUT2D eigenvalue weighted by Gasteiger charge is 2.31. The van der Waals surface area contributed by atoms with E-state index in [1.807, 2.05) is 0 Å². The van der Waals surface area contributed by atoms with Gasteiger partial charge in [0.25, 0.3) is 0 Å². The molecule has 0 atom stereocenters. The van der Waals surface area contributed by atoms with E-state index in [1.54, 1.807) is 18.2 Å². The maximum atomic E-state index is 12.8. The van der Waals surface area contributed by atoms with Gasteiger partial charge < -0.3 is 24.9 Å². The zero-order chi connectivity index (χ0) is 27.4. The van der Waals surface area contributed by atoms with Gasteiger partial charge in [0.05, 0.1) is 25.0 Å². The van der Waals surface area contributed by atoms with Crippen LogP contribution in [0.3, 0.4) is 0 Å². The number of ether oxygens (including phenoxy) is 3. The zero-order valence-corrected chi connectivity index (χ0v) is 20.2. The van der Waals surface area contributed by atoms with Crippen LogP contribution in [0.2, 0.25) is 0 Å². The first-order valence-corrected chi connectivity index (χ1v) is 11.2. The maximum Gasteiger partial charge on any atom is 0.573 e. The summed E-state index contributed by atoms with van der Waals surface area (Å²) in [6, 6.07) is 11.3. The standard InChI is InChI=1S/C25H22F3N5O5/c1-15(29)12-19(30-16-4-3-5-18(13-16)38-25(26,27)28)23-21(34)8-9-33(31-23)20-7-6-17(14-22(20)36-2)32-10-11-37-24(32)35/h3-9,12-14,29-30H,10-11H2,1-2H3/b19-12-,29-15?. The van der Waals surface area contributed by atoms with Crippen molar-refractivity contribution in [1.82, 2.24) is 9.78 Å². The number of aromatic nitrogens is 2. The monoisotopic (exact) mass is 529 g/mol. The van der Waals surface area contributed by atoms with Crippen LogP contribution in [0.5, 0.6) is 11.5 Å². The van der Waals surface area contributed by atoms with Crippen molar-refractivity contribution < 1.29 is 32.2 Å². The molecule has 2 N–H and O–H groups in total. The highest BCUT2D eigenvalue weighted by molar-refractivity contribution is 5.98. The summed E-state index contributed by atoms with van der Waals surface area (Å²) in [5.74, 6) is -0.110. The van der Waals surface area contributed by atoms with Gasteiger partial charge in [-0.2, -0.15) is 5.10 Å². The number of benzene rings is 2. The summed E-state index contributed by atoms with van der Waals surface area (Å²) in [4.78, 5) is 26.2. The van der Waals surface area contributed by atoms with Crippen LogP contribution in [0.1, 0.15) is 12.6 Å². The van der Waals surface area contributed by atoms with Gasteiger partial charge in [-0.15, -0.1) is 13.2 Å². The van der Waals surface area contributed by atoms with Gasteiger partial charge in [0.15, 0.2) is 5.69 Å². The molecule has 1 aliphatic heterocycles. The summed E-state index contributed by atoms with van der Waals surface area (Å²) in [6.45, 7) is 2.13. The van der Waals surface area contributed by atoms with Gasteiger partial charge in [-0.05, 0) is 37.3 Å². The Hall–Kier alpha value is -4.81. The average molecular weight is 529 g/mol. The molecular weight excluding hydrogens is 507 g/mol. The zero-order valence-electron chi connectivity index (χ0n) is 20.2. The van der Waals surface area contributed by atoms with E-state index in [-0.39, 0.29) is 29.4 Å². The molecule has 198 valence electrons. The van der Waals surface area contributed by atoms with Gasteiger partial charge in [0.2, 0.25) is 5.43 Å². The van der Waals surface area contributed by atoms with Crippen molar-refractivity contribution in [3.05, 3.63) is 76.7 Å². The minimum atomic E-state index is -4.87. The number of rotatable bonds is 8. The third-order valence-electron chi connectivity index (χ3n) is 5.25. The van der Waals surface area contributed by atoms with Gasteiger partial charge in [0.1, 0.15) is 23.8 Å². The number of nitrogens with one attached hydrogen (secondary N) is 2. The highest BCUT2D eigenvalue weighted by atomic mass is 19.4. The van der Waals surface area contributed by atoms with Crippen molar-refractivity contribution in [2.75, 3.05) is 30.5 Å². The van der Waals surface area contributed by atoms with Crippen molar-refractivity contribution in [3.63, 3.8) is 0 Å². The molecule has 0 radical (unpaired) electrons. The Morgan fingerprint density at radius 1 is 1.18 bits per heavy atom. The summed E-state index contributed by atoms with van der Waals surface area (Å²) in [5.41, 5.74) is 0.710. The first-order valence-electron chi connectivity index (χ1n) is 11.2. The average Bonchev–Trinajstić information content (AvgIpc) is 3.28. The quantitative estimate of drug-likeness (QED) is 0.410. The fourth-order valence-electron chi connectivity index (χ4n) is 3.69. The molecule has 1 amide bonds. The molecule has 2 aromatic carbocycles. The minimum Gasteiger partial charge on any atom is -0.494 e. The minimum absolute atomic E-state index is 0.0613. The van der Waals surface area contributed by atoms with Crippen LogP contribution in [0.25, 0.3) is 11.4 Å². The summed E-state index contributed by atoms with van der Waals surface area (Å²) in [7, 11) is 1.44. The largest absolute Gasteiger partial charge is 0.573 e. The van der Waals surface area contributed by atoms with Gasteiger partial charge in [-0.25, -0.2) is 9.48 Å². The molecule has 0 saturated carbocycles. The molecule has 3 aromatic rings. The molecule has 1 fully saturated rings. The molecule has 0 unspecified atom stereocenters. The lowest BCUT2D eigenvalue weighted by atomic mass is 10.2. The summed E-state index contributed by atoms with van der Waals surface area (Å²) < 4.78 is 53.8. The summed E-state index contributed by atoms with van der Waals surface area (Å²) >= 11 is 0. The van der Waals surface area contributed by atoms with Crippen LogP contribution in [0.15, 0.2) is 65.6 Å². The number of anilines is 2. The Morgan fingerprint density at radius 2 is 1.97 bits per heavy atom. The smallest absolute Gasteiger partial charge is 0.494 e. The molecule has 0 aliphatic carbocycles. The predicted molar refractivity (Wildman–Crippen MR) is 133 cm³/mol. The number of hydrogen-bond acceptors (Lipinski definition) is 8. The van der Waals surface area contributed by atoms with Crippen LogP contribution in [-0.2, 0) is 4.74 Å². The number of cyclic esters (lactones) is 1. The van der Waals surface area contributed by atoms with E-state index in [4.69, 9.17) is 14.9 Å². The molecule has 4 rings (SSSR count). The second kappa shape index (κ2) is 10.7. The Morgan fingerprint density at radius 3 is 2.63 bits per heavy atom. The van der Waals surface area contributed by atoms with E-state index in [1.165, 1.54) is 54.1 Å². The third-order valence-corrected chi connectivity index (χ3v) is 5.25. The first kappa shape index (κ1) is 26.3. The Bertz CT molecular complexity index is 1470. The van der Waals surface area contributed by atoms with Gasteiger partial charge in [-0.1, -0.05) is 6.07 Å². The molecule has 38 heavy (non-hydrogen) atoms. The lowest BCUT2D eigenvalue weighted by Crippen LogP contribution is -2.23. The van der Waals surface area contributed by atoms with Gasteiger partial charge in [0, 0.05) is 35.8 Å². The molecule has 0 bridgehead atoms. The molecule has 1 saturated heterocycles. The summed E-state index contributed by atoms with van der Waals surface area (Å²) in [5, 5.41) is 15.1. The number of allylic oxidation sites excluding steroid dienone is 1. The Labute approximate surface area is 214 Å². The Kier molecular flexibility index (Phi) is 7.37. The molecule has 13 heteroatoms. The summed E-state index contributed by atoms with van der Waals surface area (Å²) in [6.07, 6.45) is -2.61. The molecule has 1 aromatic heterocycles. The number of halogens is 3. The maximum absolute atomic E-state index is 12.8. The molecule has 1 aliphatic rings. The van der Waals surface area contributed by atoms with Crippen LogP contribution in [0.4, 0.5) is 29.3 Å².